The van der Waals surface area contributed by atoms with Crippen LogP contribution in [-0.4, -0.2) is 12.8 Å². The molecule has 2 heterocycles. The van der Waals surface area contributed by atoms with Gasteiger partial charge in [-0.05, 0) is 60.0 Å². The van der Waals surface area contributed by atoms with Crippen molar-refractivity contribution in [1.29, 1.82) is 0 Å². The molecule has 5 rings (SSSR count). The van der Waals surface area contributed by atoms with Gasteiger partial charge in [0.05, 0.1) is 11.1 Å². The van der Waals surface area contributed by atoms with Crippen LogP contribution in [0.5, 0.6) is 0 Å². The van der Waals surface area contributed by atoms with E-state index in [1.54, 1.807) is 0 Å². The van der Waals surface area contributed by atoms with Crippen LogP contribution in [0, 0.1) is 0 Å². The molecule has 29 heavy (non-hydrogen) atoms. The summed E-state index contributed by atoms with van der Waals surface area (Å²) in [6, 6.07) is 22.8. The molecule has 0 aliphatic carbocycles. The lowest BCUT2D eigenvalue weighted by Gasteiger charge is -2.47. The number of hydrogen-bond acceptors (Lipinski definition) is 2. The van der Waals surface area contributed by atoms with Crippen LogP contribution in [0.2, 0.25) is 10.0 Å². The van der Waals surface area contributed by atoms with Gasteiger partial charge in [0.25, 0.3) is 0 Å². The maximum atomic E-state index is 6.38. The zero-order valence-corrected chi connectivity index (χ0v) is 18.7. The Bertz CT molecular complexity index is 1110. The molecule has 3 atom stereocenters. The fourth-order valence-electron chi connectivity index (χ4n) is 4.95. The van der Waals surface area contributed by atoms with Crippen molar-refractivity contribution in [2.24, 2.45) is 4.99 Å². The highest BCUT2D eigenvalue weighted by molar-refractivity contribution is 9.10. The van der Waals surface area contributed by atoms with Gasteiger partial charge in [0, 0.05) is 32.7 Å². The zero-order chi connectivity index (χ0) is 20.0. The second kappa shape index (κ2) is 7.55. The van der Waals surface area contributed by atoms with E-state index < -0.39 is 0 Å². The summed E-state index contributed by atoms with van der Waals surface area (Å²) in [6.45, 7) is 0.918. The van der Waals surface area contributed by atoms with Crippen molar-refractivity contribution >= 4 is 51.0 Å². The van der Waals surface area contributed by atoms with Crippen molar-refractivity contribution in [2.45, 2.75) is 23.8 Å². The molecule has 1 fully saturated rings. The molecular weight excluding hydrogens is 467 g/mol. The summed E-state index contributed by atoms with van der Waals surface area (Å²) in [5.41, 5.74) is 4.30. The van der Waals surface area contributed by atoms with Gasteiger partial charge in [-0.3, -0.25) is 4.99 Å². The molecule has 0 amide bonds. The van der Waals surface area contributed by atoms with Crippen LogP contribution in [0.25, 0.3) is 0 Å². The number of rotatable bonds is 2. The molecule has 1 spiro atoms. The summed E-state index contributed by atoms with van der Waals surface area (Å²) in [5.74, 6) is 0.241. The van der Waals surface area contributed by atoms with Gasteiger partial charge >= 0.3 is 0 Å². The minimum atomic E-state index is -0.327. The largest absolute Gasteiger partial charge is 0.309 e. The average Bonchev–Trinajstić information content (AvgIpc) is 3.07. The third kappa shape index (κ3) is 3.16. The topological polar surface area (TPSA) is 24.4 Å². The minimum Gasteiger partial charge on any atom is -0.309 e. The van der Waals surface area contributed by atoms with Crippen molar-refractivity contribution in [3.63, 3.8) is 0 Å². The fourth-order valence-corrected chi connectivity index (χ4v) is 5.83. The van der Waals surface area contributed by atoms with Crippen LogP contribution in [0.4, 0.5) is 5.69 Å². The molecule has 2 aliphatic heterocycles. The highest BCUT2D eigenvalue weighted by Gasteiger charge is 2.52. The molecule has 146 valence electrons. The van der Waals surface area contributed by atoms with Crippen molar-refractivity contribution < 1.29 is 0 Å². The van der Waals surface area contributed by atoms with Gasteiger partial charge in [0.1, 0.15) is 0 Å². The van der Waals surface area contributed by atoms with E-state index >= 15 is 0 Å². The summed E-state index contributed by atoms with van der Waals surface area (Å²) >= 11 is 16.4. The molecule has 5 heteroatoms. The molecule has 3 aromatic rings. The lowest BCUT2D eigenvalue weighted by Crippen LogP contribution is -2.51. The zero-order valence-electron chi connectivity index (χ0n) is 15.6. The third-order valence-corrected chi connectivity index (χ3v) is 7.34. The van der Waals surface area contributed by atoms with Gasteiger partial charge in [0.15, 0.2) is 0 Å². The number of aliphatic imine (C=N–C) groups is 1. The Morgan fingerprint density at radius 2 is 1.79 bits per heavy atom. The van der Waals surface area contributed by atoms with E-state index in [1.165, 1.54) is 16.7 Å². The standard InChI is InChI=1S/C24H19BrCl2N2/c25-21-7-2-1-6-18(21)23-24(14-29-22-13-17(27)8-9-20(22)24)19(10-11-28-23)15-4-3-5-16(26)12-15/h1-9,12-14,19,23,28H,10-11H2/t19-,23-,24-/m0/s1. The lowest BCUT2D eigenvalue weighted by atomic mass is 9.60. The first kappa shape index (κ1) is 19.3. The SMILES string of the molecule is Clc1cccc([C@@H]2CCN[C@@H](c3ccccc3Br)[C@@]23C=Nc2cc(Cl)ccc23)c1. The van der Waals surface area contributed by atoms with Crippen LogP contribution in [-0.2, 0) is 5.41 Å². The number of benzene rings is 3. The number of hydrogen-bond donors (Lipinski definition) is 1. The van der Waals surface area contributed by atoms with Crippen LogP contribution >= 0.6 is 39.1 Å². The van der Waals surface area contributed by atoms with Gasteiger partial charge in [-0.2, -0.15) is 0 Å². The molecule has 2 nitrogen and oxygen atoms in total. The van der Waals surface area contributed by atoms with Crippen LogP contribution in [0.15, 0.2) is 76.2 Å². The third-order valence-electron chi connectivity index (χ3n) is 6.15. The number of piperidine rings is 1. The molecule has 1 saturated heterocycles. The normalized spacial score (nSPS) is 25.3. The Morgan fingerprint density at radius 3 is 2.62 bits per heavy atom. The van der Waals surface area contributed by atoms with Gasteiger partial charge in [-0.1, -0.05) is 75.5 Å². The quantitative estimate of drug-likeness (QED) is 0.406. The predicted octanol–water partition coefficient (Wildman–Crippen LogP) is 7.23. The number of fused-ring (bicyclic) bond motifs is 2. The molecular formula is C24H19BrCl2N2. The van der Waals surface area contributed by atoms with E-state index in [0.717, 1.165) is 28.1 Å². The van der Waals surface area contributed by atoms with Crippen molar-refractivity contribution in [1.82, 2.24) is 5.32 Å². The van der Waals surface area contributed by atoms with Gasteiger partial charge < -0.3 is 5.32 Å². The first-order chi connectivity index (χ1) is 14.1. The molecule has 0 saturated carbocycles. The highest BCUT2D eigenvalue weighted by atomic mass is 79.9. The molecule has 0 unspecified atom stereocenters. The van der Waals surface area contributed by atoms with Crippen LogP contribution in [0.3, 0.4) is 0 Å². The first-order valence-corrected chi connectivity index (χ1v) is 11.2. The minimum absolute atomic E-state index is 0.0713. The maximum Gasteiger partial charge on any atom is 0.0683 e. The predicted molar refractivity (Wildman–Crippen MR) is 125 cm³/mol. The summed E-state index contributed by atoms with van der Waals surface area (Å²) in [5, 5.41) is 5.26. The summed E-state index contributed by atoms with van der Waals surface area (Å²) in [7, 11) is 0. The van der Waals surface area contributed by atoms with Gasteiger partial charge in [-0.25, -0.2) is 0 Å². The Morgan fingerprint density at radius 1 is 0.966 bits per heavy atom. The van der Waals surface area contributed by atoms with Gasteiger partial charge in [-0.15, -0.1) is 0 Å². The molecule has 0 radical (unpaired) electrons. The maximum absolute atomic E-state index is 6.38. The summed E-state index contributed by atoms with van der Waals surface area (Å²) < 4.78 is 1.10. The van der Waals surface area contributed by atoms with E-state index in [4.69, 9.17) is 28.2 Å². The van der Waals surface area contributed by atoms with Crippen molar-refractivity contribution in [3.05, 3.63) is 97.9 Å². The monoisotopic (exact) mass is 484 g/mol. The van der Waals surface area contributed by atoms with Gasteiger partial charge in [0.2, 0.25) is 0 Å². The first-order valence-electron chi connectivity index (χ1n) is 9.68. The summed E-state index contributed by atoms with van der Waals surface area (Å²) in [6.07, 6.45) is 3.13. The van der Waals surface area contributed by atoms with E-state index in [1.807, 2.05) is 30.3 Å². The number of nitrogens with zero attached hydrogens (tertiary/aromatic N) is 1. The molecule has 1 N–H and O–H groups in total. The average molecular weight is 486 g/mol. The number of halogens is 3. The Labute approximate surface area is 189 Å². The van der Waals surface area contributed by atoms with E-state index in [2.05, 4.69) is 63.9 Å². The Hall–Kier alpha value is -1.65. The fraction of sp³-hybridized carbons (Fsp3) is 0.208. The van der Waals surface area contributed by atoms with E-state index in [0.29, 0.717) is 5.02 Å². The Balaban J connectivity index is 1.76. The van der Waals surface area contributed by atoms with Crippen LogP contribution in [0.1, 0.15) is 35.1 Å². The van der Waals surface area contributed by atoms with Crippen molar-refractivity contribution in [2.75, 3.05) is 6.54 Å². The second-order valence-corrected chi connectivity index (χ2v) is 9.38. The van der Waals surface area contributed by atoms with Crippen LogP contribution < -0.4 is 5.32 Å². The summed E-state index contributed by atoms with van der Waals surface area (Å²) in [4.78, 5) is 4.84. The molecule has 2 aliphatic rings. The van der Waals surface area contributed by atoms with E-state index in [-0.39, 0.29) is 17.4 Å². The molecule has 3 aromatic carbocycles. The smallest absolute Gasteiger partial charge is 0.0683 e. The van der Waals surface area contributed by atoms with E-state index in [9.17, 15) is 0 Å². The number of nitrogens with one attached hydrogen (secondary N) is 1. The van der Waals surface area contributed by atoms with Crippen molar-refractivity contribution in [3.8, 4) is 0 Å². The molecule has 0 bridgehead atoms. The molecule has 0 aromatic heterocycles. The highest BCUT2D eigenvalue weighted by Crippen LogP contribution is 2.56. The second-order valence-electron chi connectivity index (χ2n) is 7.66. The lowest BCUT2D eigenvalue weighted by molar-refractivity contribution is 0.269. The Kier molecular flexibility index (Phi) is 5.03.